The van der Waals surface area contributed by atoms with Crippen molar-refractivity contribution in [3.05, 3.63) is 29.3 Å². The second-order valence-electron chi connectivity index (χ2n) is 4.98. The molecule has 3 amide bonds. The number of halogens is 1. The van der Waals surface area contributed by atoms with Crippen molar-refractivity contribution in [1.82, 2.24) is 10.6 Å². The van der Waals surface area contributed by atoms with Crippen LogP contribution in [-0.2, 0) is 14.6 Å². The molecule has 0 radical (unpaired) electrons. The van der Waals surface area contributed by atoms with E-state index in [0.29, 0.717) is 17.1 Å². The standard InChI is InChI=1S/C13H16ClN3O4S/c14-9-1-3-10(4-2-9)17-13(19)15-7-12(18)16-11-5-6-22(20,21)8-11/h1-4,11H,5-8H2,(H,16,18)(H2,15,17,19). The number of benzene rings is 1. The summed E-state index contributed by atoms with van der Waals surface area (Å²) < 4.78 is 22.6. The Morgan fingerprint density at radius 1 is 1.23 bits per heavy atom. The van der Waals surface area contributed by atoms with E-state index in [9.17, 15) is 18.0 Å². The third-order valence-electron chi connectivity index (χ3n) is 3.11. The van der Waals surface area contributed by atoms with Crippen LogP contribution in [0.25, 0.3) is 0 Å². The number of amides is 3. The Hall–Kier alpha value is -1.80. The molecule has 0 spiro atoms. The summed E-state index contributed by atoms with van der Waals surface area (Å²) in [4.78, 5) is 23.3. The number of sulfone groups is 1. The maximum Gasteiger partial charge on any atom is 0.319 e. The van der Waals surface area contributed by atoms with Crippen LogP contribution in [-0.4, -0.2) is 44.4 Å². The molecule has 1 fully saturated rings. The largest absolute Gasteiger partial charge is 0.351 e. The molecule has 22 heavy (non-hydrogen) atoms. The Balaban J connectivity index is 1.72. The molecule has 1 atom stereocenters. The fourth-order valence-corrected chi connectivity index (χ4v) is 3.86. The molecule has 1 aliphatic rings. The molecule has 1 aromatic rings. The van der Waals surface area contributed by atoms with Crippen molar-refractivity contribution in [3.8, 4) is 0 Å². The molecular weight excluding hydrogens is 330 g/mol. The zero-order valence-electron chi connectivity index (χ0n) is 11.6. The summed E-state index contributed by atoms with van der Waals surface area (Å²) >= 11 is 5.73. The van der Waals surface area contributed by atoms with Crippen LogP contribution in [0, 0.1) is 0 Å². The molecular formula is C13H16ClN3O4S. The van der Waals surface area contributed by atoms with Gasteiger partial charge in [0.2, 0.25) is 5.91 Å². The average molecular weight is 346 g/mol. The van der Waals surface area contributed by atoms with E-state index < -0.39 is 21.8 Å². The molecule has 1 saturated heterocycles. The summed E-state index contributed by atoms with van der Waals surface area (Å²) in [6.45, 7) is -0.226. The van der Waals surface area contributed by atoms with Crippen molar-refractivity contribution in [2.45, 2.75) is 12.5 Å². The van der Waals surface area contributed by atoms with E-state index in [0.717, 1.165) is 0 Å². The number of urea groups is 1. The number of nitrogens with one attached hydrogen (secondary N) is 3. The maximum atomic E-state index is 11.6. The molecule has 1 unspecified atom stereocenters. The number of carbonyl (C=O) groups excluding carboxylic acids is 2. The minimum atomic E-state index is -3.04. The van der Waals surface area contributed by atoms with Crippen LogP contribution in [0.3, 0.4) is 0 Å². The highest BCUT2D eigenvalue weighted by Gasteiger charge is 2.28. The lowest BCUT2D eigenvalue weighted by atomic mass is 10.2. The smallest absolute Gasteiger partial charge is 0.319 e. The van der Waals surface area contributed by atoms with Gasteiger partial charge in [-0.3, -0.25) is 4.79 Å². The summed E-state index contributed by atoms with van der Waals surface area (Å²) in [5.74, 6) is -0.383. The highest BCUT2D eigenvalue weighted by Crippen LogP contribution is 2.13. The van der Waals surface area contributed by atoms with Gasteiger partial charge in [0.15, 0.2) is 9.84 Å². The first-order valence-corrected chi connectivity index (χ1v) is 8.84. The van der Waals surface area contributed by atoms with Crippen LogP contribution >= 0.6 is 11.6 Å². The van der Waals surface area contributed by atoms with Gasteiger partial charge < -0.3 is 16.0 Å². The minimum absolute atomic E-state index is 0.0459. The van der Waals surface area contributed by atoms with Crippen LogP contribution in [0.4, 0.5) is 10.5 Å². The van der Waals surface area contributed by atoms with Gasteiger partial charge in [-0.05, 0) is 30.7 Å². The third-order valence-corrected chi connectivity index (χ3v) is 5.13. The predicted molar refractivity (Wildman–Crippen MR) is 83.7 cm³/mol. The van der Waals surface area contributed by atoms with E-state index >= 15 is 0 Å². The fraction of sp³-hybridized carbons (Fsp3) is 0.385. The first kappa shape index (κ1) is 16.6. The number of carbonyl (C=O) groups is 2. The zero-order valence-corrected chi connectivity index (χ0v) is 13.2. The van der Waals surface area contributed by atoms with Crippen LogP contribution in [0.2, 0.25) is 5.02 Å². The first-order valence-electron chi connectivity index (χ1n) is 6.64. The SMILES string of the molecule is O=C(CNC(=O)Nc1ccc(Cl)cc1)NC1CCS(=O)(=O)C1. The van der Waals surface area contributed by atoms with Gasteiger partial charge in [-0.2, -0.15) is 0 Å². The molecule has 0 aromatic heterocycles. The van der Waals surface area contributed by atoms with Crippen LogP contribution in [0.15, 0.2) is 24.3 Å². The van der Waals surface area contributed by atoms with Crippen LogP contribution in [0.5, 0.6) is 0 Å². The highest BCUT2D eigenvalue weighted by atomic mass is 35.5. The Labute approximate surface area is 133 Å². The van der Waals surface area contributed by atoms with Crippen molar-refractivity contribution in [2.24, 2.45) is 0 Å². The zero-order chi connectivity index (χ0) is 16.2. The second kappa shape index (κ2) is 6.97. The van der Waals surface area contributed by atoms with E-state index in [4.69, 9.17) is 11.6 Å². The predicted octanol–water partition coefficient (Wildman–Crippen LogP) is 0.765. The minimum Gasteiger partial charge on any atom is -0.351 e. The number of hydrogen-bond acceptors (Lipinski definition) is 4. The van der Waals surface area contributed by atoms with Crippen molar-refractivity contribution >= 4 is 39.1 Å². The molecule has 2 rings (SSSR count). The molecule has 0 bridgehead atoms. The molecule has 1 aliphatic heterocycles. The summed E-state index contributed by atoms with van der Waals surface area (Å²) in [6.07, 6.45) is 0.408. The molecule has 3 N–H and O–H groups in total. The normalized spacial score (nSPS) is 19.4. The van der Waals surface area contributed by atoms with Gasteiger partial charge >= 0.3 is 6.03 Å². The monoisotopic (exact) mass is 345 g/mol. The molecule has 7 nitrogen and oxygen atoms in total. The maximum absolute atomic E-state index is 11.6. The number of rotatable bonds is 4. The molecule has 1 aromatic carbocycles. The van der Waals surface area contributed by atoms with E-state index in [-0.39, 0.29) is 24.1 Å². The molecule has 1 heterocycles. The average Bonchev–Trinajstić information content (AvgIpc) is 2.78. The number of anilines is 1. The second-order valence-corrected chi connectivity index (χ2v) is 7.65. The van der Waals surface area contributed by atoms with E-state index in [2.05, 4.69) is 16.0 Å². The summed E-state index contributed by atoms with van der Waals surface area (Å²) in [7, 11) is -3.04. The molecule has 0 aliphatic carbocycles. The van der Waals surface area contributed by atoms with Crippen molar-refractivity contribution in [2.75, 3.05) is 23.4 Å². The van der Waals surface area contributed by atoms with Gasteiger partial charge in [0.1, 0.15) is 0 Å². The first-order chi connectivity index (χ1) is 10.3. The van der Waals surface area contributed by atoms with Crippen molar-refractivity contribution in [3.63, 3.8) is 0 Å². The Kier molecular flexibility index (Phi) is 5.25. The molecule has 9 heteroatoms. The summed E-state index contributed by atoms with van der Waals surface area (Å²) in [5, 5.41) is 8.08. The van der Waals surface area contributed by atoms with Gasteiger partial charge in [-0.1, -0.05) is 11.6 Å². The Morgan fingerprint density at radius 2 is 1.91 bits per heavy atom. The third kappa shape index (κ3) is 5.19. The summed E-state index contributed by atoms with van der Waals surface area (Å²) in [6, 6.07) is 5.61. The topological polar surface area (TPSA) is 104 Å². The van der Waals surface area contributed by atoms with Gasteiger partial charge in [0.25, 0.3) is 0 Å². The van der Waals surface area contributed by atoms with E-state index in [1.165, 1.54) is 0 Å². The van der Waals surface area contributed by atoms with E-state index in [1.807, 2.05) is 0 Å². The van der Waals surface area contributed by atoms with Crippen LogP contribution in [0.1, 0.15) is 6.42 Å². The lowest BCUT2D eigenvalue weighted by molar-refractivity contribution is -0.120. The fourth-order valence-electron chi connectivity index (χ4n) is 2.06. The Bertz CT molecular complexity index is 660. The van der Waals surface area contributed by atoms with Gasteiger partial charge in [0.05, 0.1) is 18.1 Å². The van der Waals surface area contributed by atoms with Gasteiger partial charge in [-0.25, -0.2) is 13.2 Å². The van der Waals surface area contributed by atoms with Crippen LogP contribution < -0.4 is 16.0 Å². The van der Waals surface area contributed by atoms with Crippen molar-refractivity contribution in [1.29, 1.82) is 0 Å². The quantitative estimate of drug-likeness (QED) is 0.749. The van der Waals surface area contributed by atoms with Crippen molar-refractivity contribution < 1.29 is 18.0 Å². The number of hydrogen-bond donors (Lipinski definition) is 3. The van der Waals surface area contributed by atoms with Gasteiger partial charge in [0, 0.05) is 16.8 Å². The molecule has 120 valence electrons. The highest BCUT2D eigenvalue weighted by molar-refractivity contribution is 7.91. The Morgan fingerprint density at radius 3 is 2.50 bits per heavy atom. The lowest BCUT2D eigenvalue weighted by Crippen LogP contribution is -2.43. The molecule has 0 saturated carbocycles. The van der Waals surface area contributed by atoms with E-state index in [1.54, 1.807) is 24.3 Å². The summed E-state index contributed by atoms with van der Waals surface area (Å²) in [5.41, 5.74) is 0.546. The van der Waals surface area contributed by atoms with Gasteiger partial charge in [-0.15, -0.1) is 0 Å². The lowest BCUT2D eigenvalue weighted by Gasteiger charge is -2.12.